The van der Waals surface area contributed by atoms with Crippen molar-refractivity contribution in [2.75, 3.05) is 19.8 Å². The van der Waals surface area contributed by atoms with Crippen LogP contribution in [-0.2, 0) is 37.6 Å². The molecular formula is C26H45NO10Si. The van der Waals surface area contributed by atoms with Crippen molar-refractivity contribution >= 4 is 20.5 Å². The third kappa shape index (κ3) is 6.21. The van der Waals surface area contributed by atoms with E-state index in [0.717, 1.165) is 4.90 Å². The highest BCUT2D eigenvalue weighted by Gasteiger charge is 2.62. The zero-order chi connectivity index (χ0) is 28.3. The largest absolute Gasteiger partial charge is 0.443 e. The lowest BCUT2D eigenvalue weighted by Crippen LogP contribution is -2.67. The van der Waals surface area contributed by atoms with Crippen LogP contribution in [0.2, 0.25) is 18.1 Å². The number of carbonyl (C=O) groups excluding carboxylic acids is 2. The Labute approximate surface area is 226 Å². The minimum absolute atomic E-state index is 0.0564. The summed E-state index contributed by atoms with van der Waals surface area (Å²) in [4.78, 5) is 27.1. The first-order chi connectivity index (χ1) is 17.4. The van der Waals surface area contributed by atoms with E-state index >= 15 is 0 Å². The van der Waals surface area contributed by atoms with Crippen molar-refractivity contribution in [1.82, 2.24) is 4.90 Å². The van der Waals surface area contributed by atoms with E-state index in [1.807, 2.05) is 0 Å². The van der Waals surface area contributed by atoms with E-state index in [0.29, 0.717) is 19.6 Å². The molecule has 12 heteroatoms. The number of ether oxygens (including phenoxy) is 7. The molecule has 38 heavy (non-hydrogen) atoms. The molecule has 0 aromatic rings. The summed E-state index contributed by atoms with van der Waals surface area (Å²) in [5.41, 5.74) is -0.813. The molecule has 4 saturated heterocycles. The monoisotopic (exact) mass is 559 g/mol. The van der Waals surface area contributed by atoms with Crippen molar-refractivity contribution in [1.29, 1.82) is 0 Å². The Morgan fingerprint density at radius 3 is 2.45 bits per heavy atom. The zero-order valence-electron chi connectivity index (χ0n) is 24.4. The molecule has 0 N–H and O–H groups in total. The number of imide groups is 1. The van der Waals surface area contributed by atoms with Gasteiger partial charge in [0.15, 0.2) is 26.5 Å². The van der Waals surface area contributed by atoms with Crippen LogP contribution in [0.15, 0.2) is 0 Å². The minimum atomic E-state index is -2.00. The highest BCUT2D eigenvalue weighted by atomic mass is 28.4. The molecule has 2 amide bonds. The third-order valence-corrected chi connectivity index (χ3v) is 12.3. The van der Waals surface area contributed by atoms with Gasteiger partial charge in [0, 0.05) is 6.61 Å². The Balaban J connectivity index is 1.55. The predicted molar refractivity (Wildman–Crippen MR) is 138 cm³/mol. The number of amides is 2. The molecule has 0 aromatic heterocycles. The molecule has 218 valence electrons. The van der Waals surface area contributed by atoms with Gasteiger partial charge >= 0.3 is 12.2 Å². The van der Waals surface area contributed by atoms with Gasteiger partial charge in [-0.25, -0.2) is 9.59 Å². The van der Waals surface area contributed by atoms with Crippen LogP contribution < -0.4 is 0 Å². The molecule has 0 unspecified atom stereocenters. The van der Waals surface area contributed by atoms with Gasteiger partial charge in [-0.2, -0.15) is 4.90 Å². The number of hydrogen-bond donors (Lipinski definition) is 0. The van der Waals surface area contributed by atoms with Gasteiger partial charge in [-0.15, -0.1) is 0 Å². The fourth-order valence-corrected chi connectivity index (χ4v) is 5.77. The maximum atomic E-state index is 13.2. The molecule has 4 rings (SSSR count). The third-order valence-electron chi connectivity index (χ3n) is 7.82. The van der Waals surface area contributed by atoms with E-state index in [1.54, 1.807) is 34.6 Å². The van der Waals surface area contributed by atoms with Crippen molar-refractivity contribution in [3.8, 4) is 0 Å². The average molecular weight is 560 g/mol. The van der Waals surface area contributed by atoms with E-state index in [4.69, 9.17) is 37.6 Å². The number of hydrogen-bond acceptors (Lipinski definition) is 10. The van der Waals surface area contributed by atoms with Crippen molar-refractivity contribution in [2.45, 2.75) is 134 Å². The maximum Gasteiger partial charge on any atom is 0.420 e. The highest BCUT2D eigenvalue weighted by molar-refractivity contribution is 6.74. The van der Waals surface area contributed by atoms with E-state index in [2.05, 4.69) is 33.9 Å². The second kappa shape index (κ2) is 10.3. The van der Waals surface area contributed by atoms with Crippen LogP contribution in [0, 0.1) is 0 Å². The number of rotatable bonds is 5. The van der Waals surface area contributed by atoms with Crippen molar-refractivity contribution in [2.24, 2.45) is 0 Å². The Morgan fingerprint density at radius 1 is 1.13 bits per heavy atom. The normalized spacial score (nSPS) is 35.5. The van der Waals surface area contributed by atoms with Gasteiger partial charge < -0.3 is 37.6 Å². The predicted octanol–water partition coefficient (Wildman–Crippen LogP) is 4.18. The lowest BCUT2D eigenvalue weighted by atomic mass is 9.95. The van der Waals surface area contributed by atoms with Crippen molar-refractivity contribution in [3.63, 3.8) is 0 Å². The Kier molecular flexibility index (Phi) is 8.03. The molecule has 0 aliphatic carbocycles. The number of fused-ring (bicyclic) bond motifs is 3. The van der Waals surface area contributed by atoms with Gasteiger partial charge in [0.05, 0.1) is 19.3 Å². The van der Waals surface area contributed by atoms with Crippen molar-refractivity contribution < 1.29 is 47.2 Å². The molecule has 0 aromatic carbocycles. The topological polar surface area (TPSA) is 111 Å². The average Bonchev–Trinajstić information content (AvgIpc) is 3.34. The number of nitrogens with zero attached hydrogens (tertiary/aromatic N) is 1. The fraction of sp³-hybridized carbons (Fsp3) is 0.923. The molecule has 0 bridgehead atoms. The van der Waals surface area contributed by atoms with Crippen LogP contribution in [0.1, 0.15) is 61.8 Å². The molecule has 11 nitrogen and oxygen atoms in total. The minimum Gasteiger partial charge on any atom is -0.443 e. The first-order valence-corrected chi connectivity index (χ1v) is 16.4. The smallest absolute Gasteiger partial charge is 0.420 e. The van der Waals surface area contributed by atoms with Gasteiger partial charge in [0.2, 0.25) is 0 Å². The van der Waals surface area contributed by atoms with Gasteiger partial charge in [-0.05, 0) is 59.2 Å². The molecule has 0 saturated carbocycles. The summed E-state index contributed by atoms with van der Waals surface area (Å²) in [6.07, 6.45) is -4.69. The van der Waals surface area contributed by atoms with E-state index < -0.39 is 62.5 Å². The Hall–Kier alpha value is -1.28. The van der Waals surface area contributed by atoms with E-state index in [-0.39, 0.29) is 23.9 Å². The zero-order valence-corrected chi connectivity index (χ0v) is 25.4. The van der Waals surface area contributed by atoms with Gasteiger partial charge in [-0.1, -0.05) is 20.8 Å². The van der Waals surface area contributed by atoms with Crippen molar-refractivity contribution in [3.05, 3.63) is 0 Å². The van der Waals surface area contributed by atoms with Crippen LogP contribution in [0.25, 0.3) is 0 Å². The second-order valence-electron chi connectivity index (χ2n) is 13.5. The lowest BCUT2D eigenvalue weighted by molar-refractivity contribution is -0.369. The van der Waals surface area contributed by atoms with Crippen LogP contribution in [0.3, 0.4) is 0 Å². The Morgan fingerprint density at radius 2 is 1.82 bits per heavy atom. The molecule has 0 spiro atoms. The van der Waals surface area contributed by atoms with Crippen LogP contribution in [0.4, 0.5) is 9.59 Å². The van der Waals surface area contributed by atoms with Gasteiger partial charge in [-0.3, -0.25) is 0 Å². The first-order valence-electron chi connectivity index (χ1n) is 13.5. The molecule has 0 radical (unpaired) electrons. The summed E-state index contributed by atoms with van der Waals surface area (Å²) in [6, 6.07) is -0.907. The first kappa shape index (κ1) is 29.7. The summed E-state index contributed by atoms with van der Waals surface area (Å²) in [5.74, 6) is -0.903. The molecule has 7 atom stereocenters. The summed E-state index contributed by atoms with van der Waals surface area (Å²) in [7, 11) is -2.00. The fourth-order valence-electron chi connectivity index (χ4n) is 4.75. The second-order valence-corrected chi connectivity index (χ2v) is 18.3. The van der Waals surface area contributed by atoms with Crippen LogP contribution >= 0.6 is 0 Å². The molecule has 4 aliphatic heterocycles. The summed E-state index contributed by atoms with van der Waals surface area (Å²) in [5, 5.41) is 0.0564. The van der Waals surface area contributed by atoms with E-state index in [1.165, 1.54) is 0 Å². The lowest BCUT2D eigenvalue weighted by Gasteiger charge is -2.49. The summed E-state index contributed by atoms with van der Waals surface area (Å²) in [6.45, 7) is 20.8. The quantitative estimate of drug-likeness (QED) is 0.455. The van der Waals surface area contributed by atoms with Crippen LogP contribution in [0.5, 0.6) is 0 Å². The Bertz CT molecular complexity index is 897. The van der Waals surface area contributed by atoms with Gasteiger partial charge in [0.25, 0.3) is 0 Å². The van der Waals surface area contributed by atoms with Crippen LogP contribution in [-0.4, -0.2) is 99.5 Å². The molecule has 4 heterocycles. The standard InChI is InChI=1S/C26H45NO10Si/c1-24(2,3)37-23(29)27-18-20(35-22(27)28)19-17(13-31-26(7,8)36-19)34-21(18)33-15-11-12-30-16(15)14-32-38(9,10)25(4,5)6/h15-21H,11-14H2,1-10H3/t15-,16+,17+,18+,19+,20-,21+/m0/s1. The maximum absolute atomic E-state index is 13.2. The molecule has 4 aliphatic rings. The summed E-state index contributed by atoms with van der Waals surface area (Å²) >= 11 is 0. The summed E-state index contributed by atoms with van der Waals surface area (Å²) < 4.78 is 48.4. The SMILES string of the molecule is CC(C)(C)OC(=O)N1C(=O)O[C@@H]2[C@@H]3OC(C)(C)OC[C@H]3O[C@@H](O[C@H]3CCO[C@@H]3CO[Si](C)(C)C(C)(C)C)[C@@H]21. The molecule has 4 fully saturated rings. The van der Waals surface area contributed by atoms with E-state index in [9.17, 15) is 9.59 Å². The highest BCUT2D eigenvalue weighted by Crippen LogP contribution is 2.41. The molecular weight excluding hydrogens is 514 g/mol. The van der Waals surface area contributed by atoms with Gasteiger partial charge in [0.1, 0.15) is 30.0 Å². The number of carbonyl (C=O) groups is 2.